The number of halogens is 1. The van der Waals surface area contributed by atoms with Crippen LogP contribution in [0.4, 0.5) is 5.82 Å². The van der Waals surface area contributed by atoms with Gasteiger partial charge in [-0.05, 0) is 49.2 Å². The van der Waals surface area contributed by atoms with Crippen LogP contribution in [0.5, 0.6) is 5.75 Å². The average molecular weight is 576 g/mol. The maximum absolute atomic E-state index is 10.0. The van der Waals surface area contributed by atoms with E-state index in [1.807, 2.05) is 6.07 Å². The summed E-state index contributed by atoms with van der Waals surface area (Å²) < 4.78 is 5.13. The zero-order valence-corrected chi connectivity index (χ0v) is 23.6. The Hall–Kier alpha value is -3.24. The maximum Gasteiger partial charge on any atom is 0.368 e. The van der Waals surface area contributed by atoms with Gasteiger partial charge in [-0.1, -0.05) is 43.1 Å². The highest BCUT2D eigenvalue weighted by Gasteiger charge is 2.48. The van der Waals surface area contributed by atoms with Crippen LogP contribution in [0.15, 0.2) is 48.7 Å². The molecule has 4 heterocycles. The Balaban J connectivity index is 1.50. The molecule has 1 spiro atoms. The Morgan fingerprint density at radius 3 is 2.68 bits per heavy atom. The van der Waals surface area contributed by atoms with Gasteiger partial charge in [0, 0.05) is 43.4 Å². The van der Waals surface area contributed by atoms with Gasteiger partial charge < -0.3 is 30.1 Å². The molecule has 1 aromatic carbocycles. The van der Waals surface area contributed by atoms with Gasteiger partial charge in [-0.3, -0.25) is 9.88 Å². The first-order valence-electron chi connectivity index (χ1n) is 13.3. The second-order valence-corrected chi connectivity index (χ2v) is 11.3. The van der Waals surface area contributed by atoms with E-state index in [2.05, 4.69) is 40.9 Å². The number of likely N-dealkylation sites (N-methyl/N-ethyl adjacent to an activating group) is 1. The van der Waals surface area contributed by atoms with Gasteiger partial charge >= 0.3 is 5.97 Å². The summed E-state index contributed by atoms with van der Waals surface area (Å²) in [5, 5.41) is 49.2. The Morgan fingerprint density at radius 1 is 1.22 bits per heavy atom. The van der Waals surface area contributed by atoms with Crippen LogP contribution in [0.1, 0.15) is 36.6 Å². The van der Waals surface area contributed by atoms with Gasteiger partial charge in [0.2, 0.25) is 5.69 Å². The van der Waals surface area contributed by atoms with Crippen LogP contribution in [0.3, 0.4) is 0 Å². The number of anilines is 1. The normalized spacial score (nSPS) is 21.4. The lowest BCUT2D eigenvalue weighted by atomic mass is 9.62. The molecule has 212 valence electrons. The fraction of sp³-hybridized carbons (Fsp3) is 0.414. The molecule has 3 aromatic rings. The molecule has 4 N–H and O–H groups in total. The van der Waals surface area contributed by atoms with Crippen molar-refractivity contribution in [2.24, 2.45) is 5.92 Å². The molecule has 41 heavy (non-hydrogen) atoms. The Morgan fingerprint density at radius 2 is 1.98 bits per heavy atom. The van der Waals surface area contributed by atoms with Gasteiger partial charge in [0.25, 0.3) is 0 Å². The number of benzene rings is 1. The Bertz CT molecular complexity index is 1490. The van der Waals surface area contributed by atoms with Gasteiger partial charge in [-0.2, -0.15) is 5.26 Å². The fourth-order valence-corrected chi connectivity index (χ4v) is 6.37. The number of fused-ring (bicyclic) bond motifs is 2. The molecule has 0 aliphatic carbocycles. The number of piperidine rings is 1. The highest BCUT2D eigenvalue weighted by Crippen LogP contribution is 2.47. The molecule has 10 nitrogen and oxygen atoms in total. The van der Waals surface area contributed by atoms with Gasteiger partial charge in [0.05, 0.1) is 22.0 Å². The lowest BCUT2D eigenvalue weighted by molar-refractivity contribution is -0.401. The molecule has 0 amide bonds. The lowest BCUT2D eigenvalue weighted by Crippen LogP contribution is -2.58. The molecule has 12 heteroatoms. The Labute approximate surface area is 244 Å². The van der Waals surface area contributed by atoms with Crippen molar-refractivity contribution in [2.45, 2.75) is 43.4 Å². The number of rotatable bonds is 6. The summed E-state index contributed by atoms with van der Waals surface area (Å²) in [6.45, 7) is 5.09. The second kappa shape index (κ2) is 10.9. The van der Waals surface area contributed by atoms with Crippen LogP contribution in [0.25, 0.3) is 11.3 Å². The van der Waals surface area contributed by atoms with Crippen molar-refractivity contribution in [1.29, 1.82) is 5.26 Å². The predicted molar refractivity (Wildman–Crippen MR) is 153 cm³/mol. The second-order valence-electron chi connectivity index (χ2n) is 10.9. The summed E-state index contributed by atoms with van der Waals surface area (Å²) in [4.78, 5) is 13.9. The highest BCUT2D eigenvalue weighted by molar-refractivity contribution is 6.30. The average Bonchev–Trinajstić information content (AvgIpc) is 2.92. The quantitative estimate of drug-likeness (QED) is 0.255. The van der Waals surface area contributed by atoms with Crippen LogP contribution in [-0.4, -0.2) is 81.5 Å². The Kier molecular flexibility index (Phi) is 7.76. The fourth-order valence-electron chi connectivity index (χ4n) is 6.21. The van der Waals surface area contributed by atoms with E-state index < -0.39 is 11.7 Å². The molecule has 2 aliphatic rings. The van der Waals surface area contributed by atoms with Crippen LogP contribution in [-0.2, 0) is 12.0 Å². The summed E-state index contributed by atoms with van der Waals surface area (Å²) in [7, 11) is 7.14. The van der Waals surface area contributed by atoms with Crippen LogP contribution >= 0.6 is 11.6 Å². The summed E-state index contributed by atoms with van der Waals surface area (Å²) in [5.41, 5.74) is -0.121. The first kappa shape index (κ1) is 29.3. The van der Waals surface area contributed by atoms with Gasteiger partial charge in [0.15, 0.2) is 7.85 Å². The number of pyridine rings is 2. The SMILES string of the molecule is [B]C(O)(O)C(O)(O)Oc1ccccc1-c1ccc2c(n1)CN(C)CC21CCN(c2ncc(Cl)cc2C#N)CC1CC. The molecule has 0 bridgehead atoms. The molecule has 1 saturated heterocycles. The van der Waals surface area contributed by atoms with Crippen molar-refractivity contribution < 1.29 is 25.2 Å². The summed E-state index contributed by atoms with van der Waals surface area (Å²) >= 11 is 6.09. The minimum absolute atomic E-state index is 0.0368. The summed E-state index contributed by atoms with van der Waals surface area (Å²) in [6, 6.07) is 14.3. The zero-order chi connectivity index (χ0) is 29.6. The summed E-state index contributed by atoms with van der Waals surface area (Å²) in [6.07, 6.45) is 3.32. The predicted octanol–water partition coefficient (Wildman–Crippen LogP) is 2.11. The van der Waals surface area contributed by atoms with Gasteiger partial charge in [-0.25, -0.2) is 4.98 Å². The molecule has 0 saturated carbocycles. The molecular weight excluding hydrogens is 545 g/mol. The van der Waals surface area contributed by atoms with E-state index in [-0.39, 0.29) is 17.1 Å². The first-order valence-corrected chi connectivity index (χ1v) is 13.7. The van der Waals surface area contributed by atoms with E-state index in [1.54, 1.807) is 30.5 Å². The van der Waals surface area contributed by atoms with Gasteiger partial charge in [-0.15, -0.1) is 0 Å². The van der Waals surface area contributed by atoms with E-state index in [4.69, 9.17) is 29.2 Å². The van der Waals surface area contributed by atoms with E-state index in [9.17, 15) is 25.7 Å². The minimum atomic E-state index is -3.46. The van der Waals surface area contributed by atoms with Crippen molar-refractivity contribution in [2.75, 3.05) is 31.6 Å². The van der Waals surface area contributed by atoms with Crippen LogP contribution in [0.2, 0.25) is 5.02 Å². The van der Waals surface area contributed by atoms with E-state index in [0.29, 0.717) is 40.8 Å². The van der Waals surface area contributed by atoms with Crippen LogP contribution < -0.4 is 9.64 Å². The minimum Gasteiger partial charge on any atom is -0.435 e. The number of nitrogens with zero attached hydrogens (tertiary/aromatic N) is 5. The molecule has 2 aromatic heterocycles. The standard InChI is InChI=1S/C29H31BClN5O5/c1-3-19-15-36(26-18(13-32)12-20(31)14-33-26)11-10-27(19)17-35(2)16-24-22(27)8-9-23(34-24)21-6-4-5-7-25(21)41-29(39,40)28(30,37)38/h4-9,12,14,19,37-40H,3,10-11,15-17H2,1-2H3. The zero-order valence-electron chi connectivity index (χ0n) is 22.8. The number of aromatic nitrogens is 2. The number of para-hydroxylation sites is 1. The third-order valence-electron chi connectivity index (χ3n) is 8.17. The molecular formula is C29H31BClN5O5. The van der Waals surface area contributed by atoms with E-state index >= 15 is 0 Å². The molecule has 2 atom stereocenters. The highest BCUT2D eigenvalue weighted by atomic mass is 35.5. The molecule has 2 radical (unpaired) electrons. The van der Waals surface area contributed by atoms with Crippen molar-refractivity contribution in [3.8, 4) is 23.1 Å². The van der Waals surface area contributed by atoms with Crippen molar-refractivity contribution in [1.82, 2.24) is 14.9 Å². The van der Waals surface area contributed by atoms with Gasteiger partial charge in [0.1, 0.15) is 17.6 Å². The van der Waals surface area contributed by atoms with Crippen molar-refractivity contribution >= 4 is 25.3 Å². The topological polar surface area (TPSA) is 146 Å². The molecule has 5 rings (SSSR count). The number of nitriles is 1. The van der Waals surface area contributed by atoms with Crippen LogP contribution in [0, 0.1) is 17.2 Å². The smallest absolute Gasteiger partial charge is 0.368 e. The number of aliphatic hydroxyl groups is 4. The number of hydrogen-bond acceptors (Lipinski definition) is 10. The maximum atomic E-state index is 10.0. The van der Waals surface area contributed by atoms with E-state index in [0.717, 1.165) is 31.6 Å². The monoisotopic (exact) mass is 575 g/mol. The van der Waals surface area contributed by atoms with Crippen molar-refractivity contribution in [3.05, 3.63) is 70.5 Å². The number of hydrogen-bond donors (Lipinski definition) is 4. The first-order chi connectivity index (χ1) is 19.4. The third kappa shape index (κ3) is 5.39. The molecule has 2 unspecified atom stereocenters. The third-order valence-corrected chi connectivity index (χ3v) is 8.38. The lowest BCUT2D eigenvalue weighted by Gasteiger charge is -2.52. The largest absolute Gasteiger partial charge is 0.435 e. The van der Waals surface area contributed by atoms with Crippen molar-refractivity contribution in [3.63, 3.8) is 0 Å². The number of ether oxygens (including phenoxy) is 1. The van der Waals surface area contributed by atoms with E-state index in [1.165, 1.54) is 11.6 Å². The summed E-state index contributed by atoms with van der Waals surface area (Å²) in [5.74, 6) is -2.60. The molecule has 1 fully saturated rings. The molecule has 2 aliphatic heterocycles.